The summed E-state index contributed by atoms with van der Waals surface area (Å²) in [7, 11) is 3.25. The van der Waals surface area contributed by atoms with Gasteiger partial charge in [-0.2, -0.15) is 0 Å². The Labute approximate surface area is 128 Å². The number of hydrogen-bond donors (Lipinski definition) is 2. The Morgan fingerprint density at radius 2 is 2.15 bits per heavy atom. The Morgan fingerprint density at radius 1 is 1.40 bits per heavy atom. The van der Waals surface area contributed by atoms with Crippen LogP contribution in [0.25, 0.3) is 0 Å². The summed E-state index contributed by atoms with van der Waals surface area (Å²) in [5.41, 5.74) is 0.779. The van der Waals surface area contributed by atoms with Crippen molar-refractivity contribution in [1.29, 1.82) is 0 Å². The fourth-order valence-corrected chi connectivity index (χ4v) is 2.03. The standard InChI is InChI=1S/C14H21BrN2O3/c1-10(14(18)16-7-4-8-19-2)17-12-9-11(15)5-6-13(12)20-3/h5-6,9-10,17H,4,7-8H2,1-3H3,(H,16,18). The molecule has 1 rings (SSSR count). The maximum atomic E-state index is 11.9. The summed E-state index contributed by atoms with van der Waals surface area (Å²) in [6.45, 7) is 3.06. The molecule has 2 N–H and O–H groups in total. The van der Waals surface area contributed by atoms with Crippen molar-refractivity contribution in [3.8, 4) is 5.75 Å². The zero-order chi connectivity index (χ0) is 15.0. The number of benzene rings is 1. The van der Waals surface area contributed by atoms with Gasteiger partial charge in [0.25, 0.3) is 0 Å². The highest BCUT2D eigenvalue weighted by atomic mass is 79.9. The molecule has 1 atom stereocenters. The summed E-state index contributed by atoms with van der Waals surface area (Å²) >= 11 is 3.40. The summed E-state index contributed by atoms with van der Waals surface area (Å²) in [4.78, 5) is 11.9. The highest BCUT2D eigenvalue weighted by molar-refractivity contribution is 9.10. The second-order valence-corrected chi connectivity index (χ2v) is 5.26. The van der Waals surface area contributed by atoms with Gasteiger partial charge < -0.3 is 20.1 Å². The monoisotopic (exact) mass is 344 g/mol. The van der Waals surface area contributed by atoms with Gasteiger partial charge in [0.05, 0.1) is 12.8 Å². The van der Waals surface area contributed by atoms with E-state index in [9.17, 15) is 4.79 Å². The molecule has 112 valence electrons. The zero-order valence-electron chi connectivity index (χ0n) is 12.0. The fourth-order valence-electron chi connectivity index (χ4n) is 1.67. The Hall–Kier alpha value is -1.27. The summed E-state index contributed by atoms with van der Waals surface area (Å²) in [5, 5.41) is 6.00. The number of ether oxygens (including phenoxy) is 2. The second kappa shape index (κ2) is 8.81. The number of carbonyl (C=O) groups excluding carboxylic acids is 1. The van der Waals surface area contributed by atoms with Gasteiger partial charge in [0, 0.05) is 24.7 Å². The molecule has 0 spiro atoms. The molecule has 0 aliphatic heterocycles. The predicted molar refractivity (Wildman–Crippen MR) is 83.3 cm³/mol. The minimum Gasteiger partial charge on any atom is -0.495 e. The van der Waals surface area contributed by atoms with E-state index in [0.717, 1.165) is 16.6 Å². The molecule has 0 saturated heterocycles. The van der Waals surface area contributed by atoms with E-state index < -0.39 is 0 Å². The van der Waals surface area contributed by atoms with Crippen LogP contribution in [0, 0.1) is 0 Å². The fraction of sp³-hybridized carbons (Fsp3) is 0.500. The van der Waals surface area contributed by atoms with Gasteiger partial charge in [-0.15, -0.1) is 0 Å². The van der Waals surface area contributed by atoms with Crippen molar-refractivity contribution >= 4 is 27.5 Å². The van der Waals surface area contributed by atoms with Crippen LogP contribution in [0.4, 0.5) is 5.69 Å². The van der Waals surface area contributed by atoms with Gasteiger partial charge in [-0.25, -0.2) is 0 Å². The minimum absolute atomic E-state index is 0.0527. The molecular formula is C14H21BrN2O3. The third-order valence-corrected chi connectivity index (χ3v) is 3.24. The molecule has 1 aromatic carbocycles. The second-order valence-electron chi connectivity index (χ2n) is 4.35. The van der Waals surface area contributed by atoms with E-state index in [4.69, 9.17) is 9.47 Å². The molecule has 5 nitrogen and oxygen atoms in total. The largest absolute Gasteiger partial charge is 0.495 e. The lowest BCUT2D eigenvalue weighted by Gasteiger charge is -2.17. The van der Waals surface area contributed by atoms with Crippen molar-refractivity contribution in [3.05, 3.63) is 22.7 Å². The number of carbonyl (C=O) groups is 1. The Balaban J connectivity index is 2.54. The van der Waals surface area contributed by atoms with Crippen LogP contribution >= 0.6 is 15.9 Å². The highest BCUT2D eigenvalue weighted by Gasteiger charge is 2.14. The van der Waals surface area contributed by atoms with E-state index in [2.05, 4.69) is 26.6 Å². The van der Waals surface area contributed by atoms with E-state index in [-0.39, 0.29) is 11.9 Å². The van der Waals surface area contributed by atoms with Crippen LogP contribution in [0.2, 0.25) is 0 Å². The summed E-state index contributed by atoms with van der Waals surface area (Å²) in [6, 6.07) is 5.27. The first-order valence-electron chi connectivity index (χ1n) is 6.45. The van der Waals surface area contributed by atoms with Crippen LogP contribution in [0.1, 0.15) is 13.3 Å². The normalized spacial score (nSPS) is 11.8. The number of nitrogens with one attached hydrogen (secondary N) is 2. The Kier molecular flexibility index (Phi) is 7.40. The lowest BCUT2D eigenvalue weighted by atomic mass is 10.2. The molecule has 1 unspecified atom stereocenters. The van der Waals surface area contributed by atoms with Crippen molar-refractivity contribution < 1.29 is 14.3 Å². The zero-order valence-corrected chi connectivity index (χ0v) is 13.6. The first kappa shape index (κ1) is 16.8. The third-order valence-electron chi connectivity index (χ3n) is 2.75. The molecule has 0 bridgehead atoms. The number of hydrogen-bond acceptors (Lipinski definition) is 4. The van der Waals surface area contributed by atoms with Crippen LogP contribution in [-0.4, -0.2) is 39.3 Å². The number of amides is 1. The number of anilines is 1. The maximum absolute atomic E-state index is 11.9. The van der Waals surface area contributed by atoms with Crippen molar-refractivity contribution in [3.63, 3.8) is 0 Å². The van der Waals surface area contributed by atoms with Gasteiger partial charge in [-0.05, 0) is 31.5 Å². The van der Waals surface area contributed by atoms with Crippen LogP contribution in [0.3, 0.4) is 0 Å². The van der Waals surface area contributed by atoms with Gasteiger partial charge in [0.1, 0.15) is 11.8 Å². The molecule has 0 fully saturated rings. The molecule has 1 aromatic rings. The molecular weight excluding hydrogens is 324 g/mol. The van der Waals surface area contributed by atoms with E-state index in [1.165, 1.54) is 0 Å². The molecule has 0 heterocycles. The van der Waals surface area contributed by atoms with Gasteiger partial charge in [0.2, 0.25) is 5.91 Å². The van der Waals surface area contributed by atoms with Gasteiger partial charge >= 0.3 is 0 Å². The smallest absolute Gasteiger partial charge is 0.242 e. The topological polar surface area (TPSA) is 59.6 Å². The summed E-state index contributed by atoms with van der Waals surface area (Å²) < 4.78 is 11.1. The van der Waals surface area contributed by atoms with E-state index in [1.54, 1.807) is 14.2 Å². The minimum atomic E-state index is -0.347. The van der Waals surface area contributed by atoms with Crippen LogP contribution < -0.4 is 15.4 Å². The van der Waals surface area contributed by atoms with E-state index >= 15 is 0 Å². The van der Waals surface area contributed by atoms with Crippen molar-refractivity contribution in [2.75, 3.05) is 32.7 Å². The lowest BCUT2D eigenvalue weighted by molar-refractivity contribution is -0.121. The number of halogens is 1. The van der Waals surface area contributed by atoms with Crippen molar-refractivity contribution in [2.24, 2.45) is 0 Å². The first-order valence-corrected chi connectivity index (χ1v) is 7.24. The van der Waals surface area contributed by atoms with Crippen LogP contribution in [-0.2, 0) is 9.53 Å². The quantitative estimate of drug-likeness (QED) is 0.711. The molecule has 6 heteroatoms. The first-order chi connectivity index (χ1) is 9.58. The predicted octanol–water partition coefficient (Wildman–Crippen LogP) is 2.41. The molecule has 0 aliphatic rings. The average molecular weight is 345 g/mol. The van der Waals surface area contributed by atoms with Gasteiger partial charge in [0.15, 0.2) is 0 Å². The van der Waals surface area contributed by atoms with Gasteiger partial charge in [-0.1, -0.05) is 15.9 Å². The molecule has 20 heavy (non-hydrogen) atoms. The number of rotatable bonds is 8. The van der Waals surface area contributed by atoms with Crippen LogP contribution in [0.15, 0.2) is 22.7 Å². The number of methoxy groups -OCH3 is 2. The summed E-state index contributed by atoms with van der Waals surface area (Å²) in [6.07, 6.45) is 0.801. The molecule has 0 saturated carbocycles. The molecule has 1 amide bonds. The Bertz CT molecular complexity index is 440. The highest BCUT2D eigenvalue weighted by Crippen LogP contribution is 2.28. The molecule has 0 aromatic heterocycles. The van der Waals surface area contributed by atoms with E-state index in [0.29, 0.717) is 18.9 Å². The van der Waals surface area contributed by atoms with Crippen molar-refractivity contribution in [1.82, 2.24) is 5.32 Å². The average Bonchev–Trinajstić information content (AvgIpc) is 2.43. The maximum Gasteiger partial charge on any atom is 0.242 e. The Morgan fingerprint density at radius 3 is 2.80 bits per heavy atom. The molecule has 0 aliphatic carbocycles. The van der Waals surface area contributed by atoms with Crippen molar-refractivity contribution in [2.45, 2.75) is 19.4 Å². The lowest BCUT2D eigenvalue weighted by Crippen LogP contribution is -2.38. The van der Waals surface area contributed by atoms with E-state index in [1.807, 2.05) is 25.1 Å². The molecule has 0 radical (unpaired) electrons. The van der Waals surface area contributed by atoms with Crippen LogP contribution in [0.5, 0.6) is 5.75 Å². The SMILES string of the molecule is COCCCNC(=O)C(C)Nc1cc(Br)ccc1OC. The summed E-state index contributed by atoms with van der Waals surface area (Å²) in [5.74, 6) is 0.648. The third kappa shape index (κ3) is 5.38. The van der Waals surface area contributed by atoms with Gasteiger partial charge in [-0.3, -0.25) is 4.79 Å².